The van der Waals surface area contributed by atoms with Crippen molar-refractivity contribution in [1.82, 2.24) is 10.2 Å². The van der Waals surface area contributed by atoms with Crippen molar-refractivity contribution in [3.8, 4) is 5.75 Å². The van der Waals surface area contributed by atoms with Crippen LogP contribution < -0.4 is 14.4 Å². The minimum atomic E-state index is -3.58. The minimum Gasteiger partial charge on any atom is -0.497 e. The lowest BCUT2D eigenvalue weighted by Crippen LogP contribution is -2.54. The van der Waals surface area contributed by atoms with Gasteiger partial charge in [-0.2, -0.15) is 0 Å². The zero-order valence-corrected chi connectivity index (χ0v) is 27.2. The number of hydrogen-bond donors (Lipinski definition) is 1. The number of amides is 2. The quantitative estimate of drug-likeness (QED) is 0.280. The van der Waals surface area contributed by atoms with Gasteiger partial charge in [-0.15, -0.1) is 0 Å². The number of hydrogen-bond acceptors (Lipinski definition) is 5. The van der Waals surface area contributed by atoms with Crippen LogP contribution in [0.1, 0.15) is 55.9 Å². The van der Waals surface area contributed by atoms with Crippen LogP contribution in [-0.2, 0) is 32.6 Å². The number of nitrogens with zero attached hydrogens (tertiary/aromatic N) is 2. The fraction of sp³-hybridized carbons (Fsp3) is 0.412. The van der Waals surface area contributed by atoms with E-state index in [1.165, 1.54) is 10.6 Å². The van der Waals surface area contributed by atoms with E-state index < -0.39 is 21.6 Å². The third kappa shape index (κ3) is 10.1. The van der Waals surface area contributed by atoms with Gasteiger partial charge in [0.05, 0.1) is 19.1 Å². The molecule has 232 valence electrons. The highest BCUT2D eigenvalue weighted by Gasteiger charge is 2.32. The van der Waals surface area contributed by atoms with E-state index in [1.54, 1.807) is 18.1 Å². The van der Waals surface area contributed by atoms with Gasteiger partial charge in [-0.05, 0) is 87.6 Å². The average molecular weight is 608 g/mol. The van der Waals surface area contributed by atoms with E-state index >= 15 is 0 Å². The summed E-state index contributed by atoms with van der Waals surface area (Å²) in [7, 11) is -2.00. The molecule has 0 spiro atoms. The second-order valence-electron chi connectivity index (χ2n) is 12.0. The Morgan fingerprint density at radius 2 is 1.58 bits per heavy atom. The Hall–Kier alpha value is -3.85. The van der Waals surface area contributed by atoms with Gasteiger partial charge in [0.15, 0.2) is 0 Å². The number of benzene rings is 3. The van der Waals surface area contributed by atoms with E-state index in [1.807, 2.05) is 101 Å². The molecular weight excluding hydrogens is 562 g/mol. The van der Waals surface area contributed by atoms with Crippen molar-refractivity contribution >= 4 is 27.5 Å². The fourth-order valence-electron chi connectivity index (χ4n) is 4.86. The highest BCUT2D eigenvalue weighted by atomic mass is 32.2. The summed E-state index contributed by atoms with van der Waals surface area (Å²) in [6.45, 7) is 9.97. The van der Waals surface area contributed by atoms with Crippen LogP contribution >= 0.6 is 0 Å². The number of carbonyl (C=O) groups is 2. The maximum atomic E-state index is 14.0. The van der Waals surface area contributed by atoms with Crippen molar-refractivity contribution in [3.05, 3.63) is 95.1 Å². The first-order valence-electron chi connectivity index (χ1n) is 14.5. The molecule has 2 amide bonds. The molecule has 0 fully saturated rings. The van der Waals surface area contributed by atoms with E-state index in [-0.39, 0.29) is 37.7 Å². The van der Waals surface area contributed by atoms with Crippen LogP contribution in [0.2, 0.25) is 0 Å². The van der Waals surface area contributed by atoms with Gasteiger partial charge in [0.2, 0.25) is 21.8 Å². The smallest absolute Gasteiger partial charge is 0.243 e. The molecule has 3 rings (SSSR count). The lowest BCUT2D eigenvalue weighted by Gasteiger charge is -2.34. The summed E-state index contributed by atoms with van der Waals surface area (Å²) in [6, 6.07) is 21.8. The van der Waals surface area contributed by atoms with E-state index in [4.69, 9.17) is 4.74 Å². The van der Waals surface area contributed by atoms with Crippen molar-refractivity contribution in [3.63, 3.8) is 0 Å². The molecule has 0 saturated heterocycles. The number of aryl methyl sites for hydroxylation is 2. The first-order valence-corrected chi connectivity index (χ1v) is 16.4. The molecule has 0 radical (unpaired) electrons. The van der Waals surface area contributed by atoms with Crippen LogP contribution in [0.15, 0.2) is 72.8 Å². The maximum Gasteiger partial charge on any atom is 0.243 e. The molecule has 1 N–H and O–H groups in total. The molecular formula is C34H45N3O5S. The minimum absolute atomic E-state index is 0.0644. The summed E-state index contributed by atoms with van der Waals surface area (Å²) in [5, 5.41) is 3.06. The lowest BCUT2D eigenvalue weighted by atomic mass is 10.00. The van der Waals surface area contributed by atoms with Crippen LogP contribution in [0.4, 0.5) is 5.69 Å². The molecule has 0 heterocycles. The SMILES string of the molecule is COc1cccc(CN(C(=O)CCCN(c2ccc(C)c(C)c2)S(C)(=O)=O)[C@@H](Cc2ccccc2)C(=O)NC(C)(C)C)c1. The van der Waals surface area contributed by atoms with Gasteiger partial charge in [-0.1, -0.05) is 48.5 Å². The van der Waals surface area contributed by atoms with Crippen LogP contribution in [0.25, 0.3) is 0 Å². The van der Waals surface area contributed by atoms with Gasteiger partial charge in [0.1, 0.15) is 11.8 Å². The molecule has 3 aromatic carbocycles. The Morgan fingerprint density at radius 3 is 2.19 bits per heavy atom. The van der Waals surface area contributed by atoms with Crippen molar-refractivity contribution in [2.24, 2.45) is 0 Å². The molecule has 3 aromatic rings. The van der Waals surface area contributed by atoms with Gasteiger partial charge < -0.3 is 15.0 Å². The molecule has 0 aliphatic rings. The normalized spacial score (nSPS) is 12.3. The molecule has 0 aliphatic heterocycles. The summed E-state index contributed by atoms with van der Waals surface area (Å²) in [5.74, 6) is 0.169. The topological polar surface area (TPSA) is 96.0 Å². The number of rotatable bonds is 13. The highest BCUT2D eigenvalue weighted by molar-refractivity contribution is 7.92. The monoisotopic (exact) mass is 607 g/mol. The number of sulfonamides is 1. The summed E-state index contributed by atoms with van der Waals surface area (Å²) in [4.78, 5) is 29.4. The van der Waals surface area contributed by atoms with Crippen molar-refractivity contribution in [1.29, 1.82) is 0 Å². The van der Waals surface area contributed by atoms with E-state index in [2.05, 4.69) is 5.32 Å². The van der Waals surface area contributed by atoms with Crippen molar-refractivity contribution in [2.45, 2.75) is 72.0 Å². The Bertz CT molecular complexity index is 1500. The second-order valence-corrected chi connectivity index (χ2v) is 13.9. The summed E-state index contributed by atoms with van der Waals surface area (Å²) >= 11 is 0. The van der Waals surface area contributed by atoms with Crippen molar-refractivity contribution in [2.75, 3.05) is 24.2 Å². The molecule has 0 unspecified atom stereocenters. The number of anilines is 1. The van der Waals surface area contributed by atoms with Gasteiger partial charge in [0.25, 0.3) is 0 Å². The first-order chi connectivity index (χ1) is 20.2. The van der Waals surface area contributed by atoms with Gasteiger partial charge in [-0.25, -0.2) is 8.42 Å². The Morgan fingerprint density at radius 1 is 0.907 bits per heavy atom. The fourth-order valence-corrected chi connectivity index (χ4v) is 5.82. The maximum absolute atomic E-state index is 14.0. The van der Waals surface area contributed by atoms with Crippen LogP contribution in [0.5, 0.6) is 5.75 Å². The Balaban J connectivity index is 1.93. The number of nitrogens with one attached hydrogen (secondary N) is 1. The predicted octanol–water partition coefficient (Wildman–Crippen LogP) is 5.41. The summed E-state index contributed by atoms with van der Waals surface area (Å²) < 4.78 is 32.2. The zero-order valence-electron chi connectivity index (χ0n) is 26.4. The highest BCUT2D eigenvalue weighted by Crippen LogP contribution is 2.23. The van der Waals surface area contributed by atoms with Crippen LogP contribution in [0, 0.1) is 13.8 Å². The number of carbonyl (C=O) groups excluding carboxylic acids is 2. The second kappa shape index (κ2) is 14.6. The molecule has 8 nitrogen and oxygen atoms in total. The summed E-state index contributed by atoms with van der Waals surface area (Å²) in [5.41, 5.74) is 3.87. The van der Waals surface area contributed by atoms with E-state index in [0.717, 1.165) is 22.3 Å². The van der Waals surface area contributed by atoms with Gasteiger partial charge in [0, 0.05) is 31.5 Å². The predicted molar refractivity (Wildman–Crippen MR) is 173 cm³/mol. The molecule has 0 aromatic heterocycles. The molecule has 9 heteroatoms. The standard InChI is InChI=1S/C34H45N3O5S/c1-25-18-19-29(21-26(25)2)37(43(7,40)41)20-12-17-32(38)36(24-28-15-11-16-30(22-28)42-6)31(33(39)35-34(3,4)5)23-27-13-9-8-10-14-27/h8-11,13-16,18-19,21-22,31H,12,17,20,23-24H2,1-7H3,(H,35,39)/t31-/m0/s1. The first kappa shape index (κ1) is 33.6. The summed E-state index contributed by atoms with van der Waals surface area (Å²) in [6.07, 6.45) is 1.85. The molecule has 0 saturated carbocycles. The number of ether oxygens (including phenoxy) is 1. The Labute approximate surface area is 257 Å². The van der Waals surface area contributed by atoms with Crippen LogP contribution in [0.3, 0.4) is 0 Å². The third-order valence-corrected chi connectivity index (χ3v) is 8.38. The molecule has 43 heavy (non-hydrogen) atoms. The largest absolute Gasteiger partial charge is 0.497 e. The molecule has 1 atom stereocenters. The lowest BCUT2D eigenvalue weighted by molar-refractivity contribution is -0.142. The zero-order chi connectivity index (χ0) is 31.8. The third-order valence-electron chi connectivity index (χ3n) is 7.19. The Kier molecular flexibility index (Phi) is 11.4. The van der Waals surface area contributed by atoms with Gasteiger partial charge in [-0.3, -0.25) is 13.9 Å². The average Bonchev–Trinajstić information content (AvgIpc) is 2.93. The van der Waals surface area contributed by atoms with E-state index in [0.29, 0.717) is 17.9 Å². The van der Waals surface area contributed by atoms with Crippen LogP contribution in [-0.4, -0.2) is 56.6 Å². The van der Waals surface area contributed by atoms with Gasteiger partial charge >= 0.3 is 0 Å². The molecule has 0 aliphatic carbocycles. The molecule has 0 bridgehead atoms. The van der Waals surface area contributed by atoms with E-state index in [9.17, 15) is 18.0 Å². The number of methoxy groups -OCH3 is 1. The van der Waals surface area contributed by atoms with Crippen molar-refractivity contribution < 1.29 is 22.7 Å².